The maximum atomic E-state index is 2.79. The second kappa shape index (κ2) is 55.0. The molecule has 0 bridgehead atoms. The van der Waals surface area contributed by atoms with Crippen LogP contribution in [0.25, 0.3) is 0 Å². The molecule has 0 fully saturated rings. The van der Waals surface area contributed by atoms with Gasteiger partial charge < -0.3 is 14.7 Å². The molecule has 0 saturated heterocycles. The summed E-state index contributed by atoms with van der Waals surface area (Å²) in [4.78, 5) is 8.07. The molecule has 54 heavy (non-hydrogen) atoms. The lowest BCUT2D eigenvalue weighted by molar-refractivity contribution is 0.254. The van der Waals surface area contributed by atoms with E-state index in [0.717, 1.165) is 0 Å². The molecule has 3 heteroatoms. The van der Waals surface area contributed by atoms with E-state index in [0.29, 0.717) is 0 Å². The van der Waals surface area contributed by atoms with Gasteiger partial charge in [0.2, 0.25) is 0 Å². The van der Waals surface area contributed by atoms with Crippen LogP contribution in [0.4, 0.5) is 0 Å². The predicted molar refractivity (Wildman–Crippen MR) is 253 cm³/mol. The SMILES string of the molecule is CCCCCCCCN(CCCCCCCC)CCCCCCCC.CCCCCCN(CCCCCC)CCCCCC.CCCN(CCC)CCC. The van der Waals surface area contributed by atoms with E-state index in [1.54, 1.807) is 0 Å². The fourth-order valence-electron chi connectivity index (χ4n) is 7.59. The van der Waals surface area contributed by atoms with Crippen LogP contribution in [0, 0.1) is 0 Å². The lowest BCUT2D eigenvalue weighted by Crippen LogP contribution is -2.27. The molecule has 0 amide bonds. The highest BCUT2D eigenvalue weighted by molar-refractivity contribution is 4.62. The Kier molecular flexibility index (Phi) is 59.3. The van der Waals surface area contributed by atoms with Crippen LogP contribution in [-0.4, -0.2) is 73.6 Å². The Morgan fingerprint density at radius 3 is 0.481 bits per heavy atom. The van der Waals surface area contributed by atoms with Crippen LogP contribution in [-0.2, 0) is 0 Å². The molecule has 0 saturated carbocycles. The van der Waals surface area contributed by atoms with E-state index in [1.807, 2.05) is 0 Å². The number of unbranched alkanes of at least 4 members (excludes halogenated alkanes) is 24. The zero-order chi connectivity index (χ0) is 40.4. The molecule has 0 radical (unpaired) electrons. The number of nitrogens with zero attached hydrogens (tertiary/aromatic N) is 3. The molecular weight excluding hydrogens is 655 g/mol. The Labute approximate surface area is 346 Å². The third kappa shape index (κ3) is 51.9. The van der Waals surface area contributed by atoms with Crippen molar-refractivity contribution >= 4 is 0 Å². The van der Waals surface area contributed by atoms with Gasteiger partial charge in [-0.05, 0) is 117 Å². The lowest BCUT2D eigenvalue weighted by Gasteiger charge is -2.22. The summed E-state index contributed by atoms with van der Waals surface area (Å²) in [6.07, 6.45) is 46.4. The van der Waals surface area contributed by atoms with Crippen molar-refractivity contribution in [1.29, 1.82) is 0 Å². The van der Waals surface area contributed by atoms with Crippen molar-refractivity contribution in [2.75, 3.05) is 58.9 Å². The highest BCUT2D eigenvalue weighted by Gasteiger charge is 2.06. The first kappa shape index (κ1) is 58.2. The van der Waals surface area contributed by atoms with Crippen LogP contribution in [0.3, 0.4) is 0 Å². The predicted octanol–water partition coefficient (Wildman–Crippen LogP) is 16.9. The van der Waals surface area contributed by atoms with E-state index in [-0.39, 0.29) is 0 Å². The molecule has 0 aliphatic rings. The minimum absolute atomic E-state index is 1.28. The lowest BCUT2D eigenvalue weighted by atomic mass is 10.1. The molecule has 0 aromatic rings. The first-order valence-electron chi connectivity index (χ1n) is 25.7. The van der Waals surface area contributed by atoms with Gasteiger partial charge in [0.15, 0.2) is 0 Å². The van der Waals surface area contributed by atoms with Crippen molar-refractivity contribution in [3.8, 4) is 0 Å². The fourth-order valence-corrected chi connectivity index (χ4v) is 7.59. The average molecular weight is 766 g/mol. The van der Waals surface area contributed by atoms with Crippen LogP contribution < -0.4 is 0 Å². The summed E-state index contributed by atoms with van der Waals surface area (Å²) in [7, 11) is 0. The Balaban J connectivity index is -0.000000789. The molecule has 0 atom stereocenters. The summed E-state index contributed by atoms with van der Waals surface area (Å²) in [6, 6.07) is 0. The van der Waals surface area contributed by atoms with Crippen molar-refractivity contribution in [3.63, 3.8) is 0 Å². The van der Waals surface area contributed by atoms with Gasteiger partial charge in [-0.25, -0.2) is 0 Å². The number of rotatable bonds is 42. The standard InChI is InChI=1S/C24H51N.C18H39N.C9H21N/c1-4-7-10-13-16-19-22-25(23-20-17-14-11-8-5-2)24-21-18-15-12-9-6-3;1-4-7-10-13-16-19(17-14-11-8-5-2)18-15-12-9-6-3;1-4-7-10(8-5-2)9-6-3/h4-24H2,1-3H3;4-18H2,1-3H3;4-9H2,1-3H3. The van der Waals surface area contributed by atoms with E-state index < -0.39 is 0 Å². The third-order valence-electron chi connectivity index (χ3n) is 11.1. The molecule has 0 heterocycles. The van der Waals surface area contributed by atoms with Gasteiger partial charge in [-0.3, -0.25) is 0 Å². The Bertz CT molecular complexity index is 514. The Morgan fingerprint density at radius 2 is 0.296 bits per heavy atom. The smallest absolute Gasteiger partial charge is 0.00187 e. The van der Waals surface area contributed by atoms with Gasteiger partial charge in [0.25, 0.3) is 0 Å². The highest BCUT2D eigenvalue weighted by atomic mass is 15.1. The molecule has 0 aliphatic heterocycles. The summed E-state index contributed by atoms with van der Waals surface area (Å²) in [5.74, 6) is 0. The molecule has 0 rings (SSSR count). The first-order valence-corrected chi connectivity index (χ1v) is 25.7. The zero-order valence-electron chi connectivity index (χ0n) is 40.0. The van der Waals surface area contributed by atoms with Crippen molar-refractivity contribution in [3.05, 3.63) is 0 Å². The normalized spacial score (nSPS) is 11.3. The second-order valence-electron chi connectivity index (χ2n) is 17.0. The highest BCUT2D eigenvalue weighted by Crippen LogP contribution is 2.12. The third-order valence-corrected chi connectivity index (χ3v) is 11.1. The van der Waals surface area contributed by atoms with Crippen LogP contribution >= 0.6 is 0 Å². The van der Waals surface area contributed by atoms with Gasteiger partial charge in [0, 0.05) is 0 Å². The van der Waals surface area contributed by atoms with Gasteiger partial charge >= 0.3 is 0 Å². The monoisotopic (exact) mass is 766 g/mol. The van der Waals surface area contributed by atoms with Crippen LogP contribution in [0.15, 0.2) is 0 Å². The fraction of sp³-hybridized carbons (Fsp3) is 1.00. The van der Waals surface area contributed by atoms with Gasteiger partial charge in [-0.2, -0.15) is 0 Å². The van der Waals surface area contributed by atoms with E-state index in [9.17, 15) is 0 Å². The Hall–Kier alpha value is -0.120. The van der Waals surface area contributed by atoms with Crippen LogP contribution in [0.1, 0.15) is 274 Å². The second-order valence-corrected chi connectivity index (χ2v) is 17.0. The molecule has 0 aromatic carbocycles. The quantitative estimate of drug-likeness (QED) is 0.0573. The molecule has 0 N–H and O–H groups in total. The van der Waals surface area contributed by atoms with Gasteiger partial charge in [0.1, 0.15) is 0 Å². The molecule has 0 aromatic heterocycles. The summed E-state index contributed by atoms with van der Waals surface area (Å²) >= 11 is 0. The van der Waals surface area contributed by atoms with Crippen molar-refractivity contribution in [1.82, 2.24) is 14.7 Å². The largest absolute Gasteiger partial charge is 0.303 e. The molecule has 0 aliphatic carbocycles. The van der Waals surface area contributed by atoms with Gasteiger partial charge in [0.05, 0.1) is 0 Å². The Morgan fingerprint density at radius 1 is 0.148 bits per heavy atom. The zero-order valence-corrected chi connectivity index (χ0v) is 40.0. The van der Waals surface area contributed by atoms with Crippen molar-refractivity contribution in [2.24, 2.45) is 0 Å². The molecule has 330 valence electrons. The maximum Gasteiger partial charge on any atom is -0.00187 e. The summed E-state index contributed by atoms with van der Waals surface area (Å²) in [5, 5.41) is 0. The van der Waals surface area contributed by atoms with Gasteiger partial charge in [-0.15, -0.1) is 0 Å². The van der Waals surface area contributed by atoms with Gasteiger partial charge in [-0.1, -0.05) is 216 Å². The summed E-state index contributed by atoms with van der Waals surface area (Å²) in [5.41, 5.74) is 0. The van der Waals surface area contributed by atoms with E-state index in [4.69, 9.17) is 0 Å². The van der Waals surface area contributed by atoms with Crippen molar-refractivity contribution < 1.29 is 0 Å². The van der Waals surface area contributed by atoms with Crippen LogP contribution in [0.2, 0.25) is 0 Å². The number of hydrogen-bond donors (Lipinski definition) is 0. The molecule has 3 nitrogen and oxygen atoms in total. The summed E-state index contributed by atoms with van der Waals surface area (Å²) in [6.45, 7) is 32.5. The molecule has 0 unspecified atom stereocenters. The van der Waals surface area contributed by atoms with E-state index in [1.165, 1.54) is 271 Å². The van der Waals surface area contributed by atoms with Crippen molar-refractivity contribution in [2.45, 2.75) is 274 Å². The molecule has 0 spiro atoms. The summed E-state index contributed by atoms with van der Waals surface area (Å²) < 4.78 is 0. The minimum atomic E-state index is 1.28. The van der Waals surface area contributed by atoms with E-state index in [2.05, 4.69) is 77.0 Å². The number of hydrogen-bond acceptors (Lipinski definition) is 3. The van der Waals surface area contributed by atoms with E-state index >= 15 is 0 Å². The first-order chi connectivity index (χ1) is 26.5. The molecular formula is C51H111N3. The maximum absolute atomic E-state index is 2.79. The minimum Gasteiger partial charge on any atom is -0.303 e. The topological polar surface area (TPSA) is 9.72 Å². The van der Waals surface area contributed by atoms with Crippen LogP contribution in [0.5, 0.6) is 0 Å². The average Bonchev–Trinajstić information content (AvgIpc) is 3.18.